The molecular formula is C18H30. The minimum absolute atomic E-state index is 0.654. The highest BCUT2D eigenvalue weighted by molar-refractivity contribution is 5.27. The van der Waals surface area contributed by atoms with Crippen LogP contribution in [0.4, 0.5) is 0 Å². The van der Waals surface area contributed by atoms with Crippen molar-refractivity contribution >= 4 is 0 Å². The Hall–Kier alpha value is -0.780. The van der Waals surface area contributed by atoms with Crippen LogP contribution in [0, 0.1) is 12.8 Å². The van der Waals surface area contributed by atoms with E-state index in [0.717, 1.165) is 5.92 Å². The summed E-state index contributed by atoms with van der Waals surface area (Å²) in [5.41, 5.74) is 2.86. The lowest BCUT2D eigenvalue weighted by Gasteiger charge is -2.18. The second-order valence-electron chi connectivity index (χ2n) is 5.92. The van der Waals surface area contributed by atoms with Crippen LogP contribution in [0.5, 0.6) is 0 Å². The summed E-state index contributed by atoms with van der Waals surface area (Å²) in [5, 5.41) is 0. The molecule has 1 saturated carbocycles. The Morgan fingerprint density at radius 2 is 1.67 bits per heavy atom. The predicted octanol–water partition coefficient (Wildman–Crippen LogP) is 6.10. The van der Waals surface area contributed by atoms with Crippen LogP contribution in [0.25, 0.3) is 0 Å². The molecule has 0 N–H and O–H groups in total. The molecule has 18 heavy (non-hydrogen) atoms. The maximum atomic E-state index is 2.32. The Morgan fingerprint density at radius 1 is 1.06 bits per heavy atom. The van der Waals surface area contributed by atoms with Crippen LogP contribution < -0.4 is 0 Å². The number of benzene rings is 1. The fourth-order valence-electron chi connectivity index (χ4n) is 2.83. The Bertz CT molecular complexity index is 319. The van der Waals surface area contributed by atoms with Gasteiger partial charge in [0.05, 0.1) is 0 Å². The number of hydrogen-bond acceptors (Lipinski definition) is 0. The summed E-state index contributed by atoms with van der Waals surface area (Å²) in [7, 11) is 0. The van der Waals surface area contributed by atoms with Gasteiger partial charge in [-0.3, -0.25) is 0 Å². The fraction of sp³-hybridized carbons (Fsp3) is 0.667. The molecule has 0 aliphatic heterocycles. The van der Waals surface area contributed by atoms with E-state index in [0.29, 0.717) is 5.92 Å². The van der Waals surface area contributed by atoms with Gasteiger partial charge in [-0.15, -0.1) is 0 Å². The first-order valence-electron chi connectivity index (χ1n) is 7.70. The van der Waals surface area contributed by atoms with E-state index >= 15 is 0 Å². The maximum Gasteiger partial charge on any atom is -0.0216 e. The Morgan fingerprint density at radius 3 is 2.06 bits per heavy atom. The van der Waals surface area contributed by atoms with Gasteiger partial charge in [-0.05, 0) is 29.9 Å². The molecule has 0 atom stereocenters. The molecule has 0 unspecified atom stereocenters. The first-order valence-corrected chi connectivity index (χ1v) is 7.70. The molecule has 1 fully saturated rings. The third-order valence-corrected chi connectivity index (χ3v) is 4.11. The molecule has 0 heteroatoms. The Balaban J connectivity index is 0.000000184. The van der Waals surface area contributed by atoms with Gasteiger partial charge in [0, 0.05) is 0 Å². The summed E-state index contributed by atoms with van der Waals surface area (Å²) in [5.74, 6) is 1.74. The molecule has 0 nitrogen and oxygen atoms in total. The van der Waals surface area contributed by atoms with E-state index in [1.807, 2.05) is 0 Å². The highest BCUT2D eigenvalue weighted by Gasteiger charge is 2.09. The van der Waals surface area contributed by atoms with Crippen molar-refractivity contribution in [1.29, 1.82) is 0 Å². The van der Waals surface area contributed by atoms with Crippen LogP contribution in [0.3, 0.4) is 0 Å². The summed E-state index contributed by atoms with van der Waals surface area (Å²) in [6.07, 6.45) is 8.93. The zero-order valence-electron chi connectivity index (χ0n) is 12.7. The van der Waals surface area contributed by atoms with E-state index in [9.17, 15) is 0 Å². The monoisotopic (exact) mass is 246 g/mol. The molecule has 0 saturated heterocycles. The van der Waals surface area contributed by atoms with E-state index in [4.69, 9.17) is 0 Å². The van der Waals surface area contributed by atoms with Crippen molar-refractivity contribution in [3.05, 3.63) is 35.4 Å². The van der Waals surface area contributed by atoms with Crippen LogP contribution in [-0.4, -0.2) is 0 Å². The number of rotatable bonds is 2. The minimum Gasteiger partial charge on any atom is -0.0651 e. The van der Waals surface area contributed by atoms with Crippen LogP contribution in [0.1, 0.15) is 76.3 Å². The zero-order chi connectivity index (χ0) is 13.4. The van der Waals surface area contributed by atoms with E-state index in [1.54, 1.807) is 0 Å². The van der Waals surface area contributed by atoms with Gasteiger partial charge in [0.1, 0.15) is 0 Å². The summed E-state index contributed by atoms with van der Waals surface area (Å²) in [6.45, 7) is 8.93. The normalized spacial score (nSPS) is 16.3. The molecule has 102 valence electrons. The minimum atomic E-state index is 0.654. The van der Waals surface area contributed by atoms with Gasteiger partial charge in [-0.25, -0.2) is 0 Å². The lowest BCUT2D eigenvalue weighted by atomic mass is 9.88. The first-order chi connectivity index (χ1) is 8.65. The van der Waals surface area contributed by atoms with Crippen molar-refractivity contribution < 1.29 is 0 Å². The molecule has 0 heterocycles. The zero-order valence-corrected chi connectivity index (χ0v) is 12.7. The smallest absolute Gasteiger partial charge is 0.0216 e. The second-order valence-corrected chi connectivity index (χ2v) is 5.92. The highest BCUT2D eigenvalue weighted by Crippen LogP contribution is 2.25. The summed E-state index contributed by atoms with van der Waals surface area (Å²) in [6, 6.07) is 8.54. The van der Waals surface area contributed by atoms with Gasteiger partial charge in [0.15, 0.2) is 0 Å². The molecule has 0 aromatic heterocycles. The summed E-state index contributed by atoms with van der Waals surface area (Å²) < 4.78 is 0. The second kappa shape index (κ2) is 8.34. The average molecular weight is 246 g/mol. The van der Waals surface area contributed by atoms with E-state index in [2.05, 4.69) is 52.0 Å². The standard InChI is InChI=1S/C10H14.C8H16/c1-8(2)10-7-5-4-6-9(10)3;1-2-8-6-4-3-5-7-8/h4-8H,1-3H3;8H,2-7H2,1H3. The third-order valence-electron chi connectivity index (χ3n) is 4.11. The van der Waals surface area contributed by atoms with Crippen LogP contribution in [-0.2, 0) is 0 Å². The fourth-order valence-corrected chi connectivity index (χ4v) is 2.83. The van der Waals surface area contributed by atoms with Gasteiger partial charge in [-0.2, -0.15) is 0 Å². The van der Waals surface area contributed by atoms with Gasteiger partial charge < -0.3 is 0 Å². The van der Waals surface area contributed by atoms with Crippen molar-refractivity contribution in [1.82, 2.24) is 0 Å². The molecule has 1 aromatic carbocycles. The highest BCUT2D eigenvalue weighted by atomic mass is 14.2. The Kier molecular flexibility index (Phi) is 7.08. The number of aryl methyl sites for hydroxylation is 1. The first kappa shape index (κ1) is 15.3. The molecule has 0 amide bonds. The maximum absolute atomic E-state index is 2.32. The topological polar surface area (TPSA) is 0 Å². The molecule has 1 aromatic rings. The average Bonchev–Trinajstić information content (AvgIpc) is 2.40. The van der Waals surface area contributed by atoms with Crippen LogP contribution in [0.15, 0.2) is 24.3 Å². The summed E-state index contributed by atoms with van der Waals surface area (Å²) >= 11 is 0. The van der Waals surface area contributed by atoms with Crippen LogP contribution in [0.2, 0.25) is 0 Å². The largest absolute Gasteiger partial charge is 0.0651 e. The van der Waals surface area contributed by atoms with Gasteiger partial charge in [-0.1, -0.05) is 83.6 Å². The van der Waals surface area contributed by atoms with Crippen molar-refractivity contribution in [3.63, 3.8) is 0 Å². The van der Waals surface area contributed by atoms with Gasteiger partial charge in [0.2, 0.25) is 0 Å². The molecule has 0 bridgehead atoms. The molecule has 0 radical (unpaired) electrons. The molecular weight excluding hydrogens is 216 g/mol. The van der Waals surface area contributed by atoms with Gasteiger partial charge in [0.25, 0.3) is 0 Å². The molecule has 2 rings (SSSR count). The lowest BCUT2D eigenvalue weighted by molar-refractivity contribution is 0.349. The number of hydrogen-bond donors (Lipinski definition) is 0. The van der Waals surface area contributed by atoms with Crippen LogP contribution >= 0.6 is 0 Å². The van der Waals surface area contributed by atoms with Crippen molar-refractivity contribution in [2.45, 2.75) is 72.1 Å². The SMILES string of the molecule is CCC1CCCCC1.Cc1ccccc1C(C)C. The summed E-state index contributed by atoms with van der Waals surface area (Å²) in [4.78, 5) is 0. The third kappa shape index (κ3) is 5.25. The predicted molar refractivity (Wildman–Crippen MR) is 82.1 cm³/mol. The van der Waals surface area contributed by atoms with Crippen molar-refractivity contribution in [2.24, 2.45) is 5.92 Å². The molecule has 0 spiro atoms. The van der Waals surface area contributed by atoms with Gasteiger partial charge >= 0.3 is 0 Å². The molecule has 1 aliphatic carbocycles. The van der Waals surface area contributed by atoms with Crippen molar-refractivity contribution in [2.75, 3.05) is 0 Å². The lowest BCUT2D eigenvalue weighted by Crippen LogP contribution is -2.03. The quantitative estimate of drug-likeness (QED) is 0.592. The molecule has 1 aliphatic rings. The van der Waals surface area contributed by atoms with E-state index in [-0.39, 0.29) is 0 Å². The van der Waals surface area contributed by atoms with E-state index < -0.39 is 0 Å². The van der Waals surface area contributed by atoms with Crippen molar-refractivity contribution in [3.8, 4) is 0 Å². The Labute approximate surface area is 114 Å². The van der Waals surface area contributed by atoms with E-state index in [1.165, 1.54) is 49.7 Å².